The zero-order valence-electron chi connectivity index (χ0n) is 14.5. The summed E-state index contributed by atoms with van der Waals surface area (Å²) in [4.78, 5) is 0. The summed E-state index contributed by atoms with van der Waals surface area (Å²) >= 11 is 1.63. The molecule has 130 valence electrons. The monoisotopic (exact) mass is 355 g/mol. The molecule has 0 fully saturated rings. The first-order valence-corrected chi connectivity index (χ1v) is 9.58. The standard InChI is InChI=1S/C18H21N5OS/c1-12-7-6-8-14(11-12)17-21-20-16(24-17)13(2)25-18-22-19-15-9-4-3-5-10-23(15)18/h6-8,11,13H,3-5,9-10H2,1-2H3. The summed E-state index contributed by atoms with van der Waals surface area (Å²) in [5, 5.41) is 18.1. The Labute approximate surface area is 151 Å². The second-order valence-corrected chi connectivity index (χ2v) is 7.74. The van der Waals surface area contributed by atoms with Gasteiger partial charge in [-0.15, -0.1) is 20.4 Å². The van der Waals surface area contributed by atoms with Crippen molar-refractivity contribution in [2.75, 3.05) is 0 Å². The molecule has 0 aliphatic carbocycles. The third-order valence-corrected chi connectivity index (χ3v) is 5.48. The van der Waals surface area contributed by atoms with Gasteiger partial charge in [0.15, 0.2) is 5.16 Å². The lowest BCUT2D eigenvalue weighted by molar-refractivity contribution is 0.508. The van der Waals surface area contributed by atoms with Gasteiger partial charge in [0, 0.05) is 18.5 Å². The van der Waals surface area contributed by atoms with E-state index >= 15 is 0 Å². The molecule has 7 heteroatoms. The Hall–Kier alpha value is -2.15. The number of nitrogens with zero attached hydrogens (tertiary/aromatic N) is 5. The molecule has 1 aliphatic heterocycles. The van der Waals surface area contributed by atoms with Gasteiger partial charge in [-0.3, -0.25) is 0 Å². The molecule has 6 nitrogen and oxygen atoms in total. The first kappa shape index (κ1) is 16.3. The van der Waals surface area contributed by atoms with Crippen molar-refractivity contribution >= 4 is 11.8 Å². The van der Waals surface area contributed by atoms with Gasteiger partial charge >= 0.3 is 0 Å². The van der Waals surface area contributed by atoms with E-state index in [1.165, 1.54) is 24.8 Å². The maximum absolute atomic E-state index is 5.90. The van der Waals surface area contributed by atoms with E-state index in [1.807, 2.05) is 18.2 Å². The fourth-order valence-corrected chi connectivity index (χ4v) is 3.97. The van der Waals surface area contributed by atoms with E-state index in [0.717, 1.165) is 29.5 Å². The third-order valence-electron chi connectivity index (χ3n) is 4.41. The Balaban J connectivity index is 1.52. The van der Waals surface area contributed by atoms with E-state index in [0.29, 0.717) is 11.8 Å². The Morgan fingerprint density at radius 1 is 1.12 bits per heavy atom. The van der Waals surface area contributed by atoms with Crippen LogP contribution in [0.25, 0.3) is 11.5 Å². The Morgan fingerprint density at radius 3 is 2.92 bits per heavy atom. The summed E-state index contributed by atoms with van der Waals surface area (Å²) in [6.45, 7) is 5.11. The van der Waals surface area contributed by atoms with Gasteiger partial charge in [0.25, 0.3) is 0 Å². The van der Waals surface area contributed by atoms with Crippen molar-refractivity contribution < 1.29 is 4.42 Å². The van der Waals surface area contributed by atoms with Crippen LogP contribution >= 0.6 is 11.8 Å². The van der Waals surface area contributed by atoms with Gasteiger partial charge < -0.3 is 8.98 Å². The summed E-state index contributed by atoms with van der Waals surface area (Å²) in [7, 11) is 0. The molecule has 0 bridgehead atoms. The molecular weight excluding hydrogens is 334 g/mol. The zero-order chi connectivity index (χ0) is 17.2. The van der Waals surface area contributed by atoms with Gasteiger partial charge in [-0.05, 0) is 38.8 Å². The largest absolute Gasteiger partial charge is 0.419 e. The summed E-state index contributed by atoms with van der Waals surface area (Å²) in [6, 6.07) is 8.09. The maximum atomic E-state index is 5.90. The highest BCUT2D eigenvalue weighted by Gasteiger charge is 2.21. The molecule has 0 saturated heterocycles. The second kappa shape index (κ2) is 7.00. The minimum atomic E-state index is 0.0302. The van der Waals surface area contributed by atoms with Crippen molar-refractivity contribution in [3.05, 3.63) is 41.5 Å². The van der Waals surface area contributed by atoms with E-state index in [4.69, 9.17) is 4.42 Å². The topological polar surface area (TPSA) is 69.6 Å². The molecule has 0 radical (unpaired) electrons. The van der Waals surface area contributed by atoms with Crippen molar-refractivity contribution in [3.8, 4) is 11.5 Å². The molecule has 3 heterocycles. The zero-order valence-corrected chi connectivity index (χ0v) is 15.3. The van der Waals surface area contributed by atoms with Crippen molar-refractivity contribution in [1.82, 2.24) is 25.0 Å². The van der Waals surface area contributed by atoms with E-state index in [1.54, 1.807) is 11.8 Å². The smallest absolute Gasteiger partial charge is 0.247 e. The van der Waals surface area contributed by atoms with Crippen LogP contribution in [0.15, 0.2) is 33.8 Å². The molecule has 4 rings (SSSR count). The van der Waals surface area contributed by atoms with Gasteiger partial charge in [-0.1, -0.05) is 35.9 Å². The number of thioether (sulfide) groups is 1. The highest BCUT2D eigenvalue weighted by Crippen LogP contribution is 2.35. The first-order chi connectivity index (χ1) is 12.2. The molecule has 2 aromatic heterocycles. The number of benzene rings is 1. The summed E-state index contributed by atoms with van der Waals surface area (Å²) < 4.78 is 8.15. The quantitative estimate of drug-likeness (QED) is 0.653. The molecule has 1 unspecified atom stereocenters. The predicted molar refractivity (Wildman–Crippen MR) is 96.3 cm³/mol. The predicted octanol–water partition coefficient (Wildman–Crippen LogP) is 4.22. The van der Waals surface area contributed by atoms with Gasteiger partial charge in [0.1, 0.15) is 5.82 Å². The molecule has 1 atom stereocenters. The lowest BCUT2D eigenvalue weighted by Gasteiger charge is -2.09. The van der Waals surface area contributed by atoms with Crippen LogP contribution in [0.2, 0.25) is 0 Å². The number of aryl methyl sites for hydroxylation is 2. The Kier molecular flexibility index (Phi) is 4.57. The van der Waals surface area contributed by atoms with E-state index in [-0.39, 0.29) is 5.25 Å². The molecule has 0 saturated carbocycles. The van der Waals surface area contributed by atoms with E-state index in [9.17, 15) is 0 Å². The molecule has 3 aromatic rings. The van der Waals surface area contributed by atoms with Gasteiger partial charge in [-0.2, -0.15) is 0 Å². The lowest BCUT2D eigenvalue weighted by atomic mass is 10.1. The number of hydrogen-bond donors (Lipinski definition) is 0. The van der Waals surface area contributed by atoms with Crippen LogP contribution in [-0.2, 0) is 13.0 Å². The van der Waals surface area contributed by atoms with Crippen LogP contribution in [0, 0.1) is 6.92 Å². The lowest BCUT2D eigenvalue weighted by Crippen LogP contribution is -2.03. The molecule has 0 N–H and O–H groups in total. The summed E-state index contributed by atoms with van der Waals surface area (Å²) in [6.07, 6.45) is 4.65. The summed E-state index contributed by atoms with van der Waals surface area (Å²) in [5.41, 5.74) is 2.12. The maximum Gasteiger partial charge on any atom is 0.247 e. The van der Waals surface area contributed by atoms with Crippen LogP contribution in [0.3, 0.4) is 0 Å². The fourth-order valence-electron chi connectivity index (χ4n) is 3.05. The first-order valence-electron chi connectivity index (χ1n) is 8.70. The highest BCUT2D eigenvalue weighted by atomic mass is 32.2. The second-order valence-electron chi connectivity index (χ2n) is 6.44. The van der Waals surface area contributed by atoms with Crippen molar-refractivity contribution in [2.24, 2.45) is 0 Å². The molecule has 0 amide bonds. The minimum absolute atomic E-state index is 0.0302. The normalized spacial score (nSPS) is 15.6. The van der Waals surface area contributed by atoms with E-state index < -0.39 is 0 Å². The summed E-state index contributed by atoms with van der Waals surface area (Å²) in [5.74, 6) is 2.27. The Morgan fingerprint density at radius 2 is 2.04 bits per heavy atom. The van der Waals surface area contributed by atoms with Gasteiger partial charge in [0.2, 0.25) is 11.8 Å². The molecule has 0 spiro atoms. The number of fused-ring (bicyclic) bond motifs is 1. The van der Waals surface area contributed by atoms with Crippen LogP contribution in [0.4, 0.5) is 0 Å². The van der Waals surface area contributed by atoms with Crippen LogP contribution in [0.1, 0.15) is 48.7 Å². The van der Waals surface area contributed by atoms with Gasteiger partial charge in [0.05, 0.1) is 5.25 Å². The molecular formula is C18H21N5OS. The molecule has 1 aromatic carbocycles. The van der Waals surface area contributed by atoms with Gasteiger partial charge in [-0.25, -0.2) is 0 Å². The number of rotatable bonds is 4. The SMILES string of the molecule is Cc1cccc(-c2nnc(C(C)Sc3nnc4n3CCCCC4)o2)c1. The fraction of sp³-hybridized carbons (Fsp3) is 0.444. The van der Waals surface area contributed by atoms with Crippen LogP contribution in [0.5, 0.6) is 0 Å². The van der Waals surface area contributed by atoms with Crippen LogP contribution < -0.4 is 0 Å². The van der Waals surface area contributed by atoms with Crippen molar-refractivity contribution in [2.45, 2.75) is 56.5 Å². The number of hydrogen-bond acceptors (Lipinski definition) is 6. The molecule has 25 heavy (non-hydrogen) atoms. The van der Waals surface area contributed by atoms with Crippen molar-refractivity contribution in [3.63, 3.8) is 0 Å². The number of aromatic nitrogens is 5. The van der Waals surface area contributed by atoms with Crippen molar-refractivity contribution in [1.29, 1.82) is 0 Å². The average molecular weight is 355 g/mol. The Bertz CT molecular complexity index is 872. The average Bonchev–Trinajstić information content (AvgIpc) is 3.17. The molecule has 1 aliphatic rings. The van der Waals surface area contributed by atoms with E-state index in [2.05, 4.69) is 44.9 Å². The highest BCUT2D eigenvalue weighted by molar-refractivity contribution is 7.99. The third kappa shape index (κ3) is 3.46. The van der Waals surface area contributed by atoms with Crippen LogP contribution in [-0.4, -0.2) is 25.0 Å². The minimum Gasteiger partial charge on any atom is -0.419 e.